The number of alkyl halides is 3. The van der Waals surface area contributed by atoms with E-state index in [0.29, 0.717) is 0 Å². The number of benzene rings is 1. The Balaban J connectivity index is 2.31. The fraction of sp³-hybridized carbons (Fsp3) is 0.278. The number of nitrogens with zero attached hydrogens (tertiary/aromatic N) is 1. The molecule has 0 bridgehead atoms. The van der Waals surface area contributed by atoms with Crippen LogP contribution in [0.1, 0.15) is 30.3 Å². The Kier molecular flexibility index (Phi) is 7.00. The minimum atomic E-state index is -4.85. The SMILES string of the molecule is CCOC(=O)CCC(=O)c1nc(-c2cccc(OC(F)(F)F)c2)cc(Br)c1O. The Morgan fingerprint density at radius 1 is 1.21 bits per heavy atom. The number of ether oxygens (including phenoxy) is 2. The number of aromatic hydroxyl groups is 1. The van der Waals surface area contributed by atoms with Crippen molar-refractivity contribution < 1.29 is 37.3 Å². The number of halogens is 4. The van der Waals surface area contributed by atoms with Gasteiger partial charge in [-0.05, 0) is 41.1 Å². The first-order valence-corrected chi connectivity index (χ1v) is 8.84. The molecule has 1 heterocycles. The van der Waals surface area contributed by atoms with Crippen molar-refractivity contribution in [2.24, 2.45) is 0 Å². The molecule has 6 nitrogen and oxygen atoms in total. The average molecular weight is 462 g/mol. The maximum atomic E-state index is 12.4. The molecule has 0 atom stereocenters. The van der Waals surface area contributed by atoms with Crippen molar-refractivity contribution >= 4 is 27.7 Å². The maximum Gasteiger partial charge on any atom is 0.573 e. The lowest BCUT2D eigenvalue weighted by Crippen LogP contribution is -2.17. The maximum absolute atomic E-state index is 12.4. The number of Topliss-reactive ketones (excluding diaryl/α,β-unsaturated/α-hetero) is 1. The third kappa shape index (κ3) is 5.95. The van der Waals surface area contributed by atoms with E-state index >= 15 is 0 Å². The quantitative estimate of drug-likeness (QED) is 0.477. The molecule has 0 aliphatic carbocycles. The zero-order chi connectivity index (χ0) is 20.9. The lowest BCUT2D eigenvalue weighted by molar-refractivity contribution is -0.274. The van der Waals surface area contributed by atoms with Gasteiger partial charge in [0.15, 0.2) is 11.5 Å². The molecule has 0 saturated heterocycles. The molecule has 2 aromatic rings. The number of pyridine rings is 1. The number of hydrogen-bond donors (Lipinski definition) is 1. The third-order valence-electron chi connectivity index (χ3n) is 3.44. The normalized spacial score (nSPS) is 11.2. The molecule has 28 heavy (non-hydrogen) atoms. The Morgan fingerprint density at radius 3 is 2.57 bits per heavy atom. The van der Waals surface area contributed by atoms with Crippen molar-refractivity contribution in [3.05, 3.63) is 40.5 Å². The largest absolute Gasteiger partial charge is 0.573 e. The molecule has 0 aliphatic rings. The van der Waals surface area contributed by atoms with Crippen LogP contribution in [0.4, 0.5) is 13.2 Å². The van der Waals surface area contributed by atoms with Crippen molar-refractivity contribution in [3.63, 3.8) is 0 Å². The Morgan fingerprint density at radius 2 is 1.93 bits per heavy atom. The van der Waals surface area contributed by atoms with E-state index in [2.05, 4.69) is 25.7 Å². The Bertz CT molecular complexity index is 886. The lowest BCUT2D eigenvalue weighted by Gasteiger charge is -2.11. The minimum absolute atomic E-state index is 0.124. The monoisotopic (exact) mass is 461 g/mol. The van der Waals surface area contributed by atoms with Gasteiger partial charge in [-0.15, -0.1) is 13.2 Å². The molecule has 1 aromatic heterocycles. The number of ketones is 1. The highest BCUT2D eigenvalue weighted by Gasteiger charge is 2.31. The average Bonchev–Trinajstić information content (AvgIpc) is 2.61. The van der Waals surface area contributed by atoms with Crippen molar-refractivity contribution in [2.75, 3.05) is 6.61 Å². The first-order chi connectivity index (χ1) is 13.1. The Hall–Kier alpha value is -2.62. The number of hydrogen-bond acceptors (Lipinski definition) is 6. The zero-order valence-corrected chi connectivity index (χ0v) is 16.1. The van der Waals surface area contributed by atoms with Gasteiger partial charge in [0.1, 0.15) is 11.4 Å². The minimum Gasteiger partial charge on any atom is -0.504 e. The summed E-state index contributed by atoms with van der Waals surface area (Å²) in [6.07, 6.45) is -5.28. The second-order valence-corrected chi connectivity index (χ2v) is 6.34. The molecule has 0 spiro atoms. The van der Waals surface area contributed by atoms with Crippen LogP contribution in [0.25, 0.3) is 11.3 Å². The molecular formula is C18H15BrF3NO5. The van der Waals surface area contributed by atoms with Crippen LogP contribution in [0, 0.1) is 0 Å². The van der Waals surface area contributed by atoms with E-state index in [0.717, 1.165) is 12.1 Å². The molecule has 0 radical (unpaired) electrons. The highest BCUT2D eigenvalue weighted by atomic mass is 79.9. The number of carbonyl (C=O) groups excluding carboxylic acids is 2. The van der Waals surface area contributed by atoms with Gasteiger partial charge in [0, 0.05) is 12.0 Å². The summed E-state index contributed by atoms with van der Waals surface area (Å²) in [6, 6.07) is 6.39. The van der Waals surface area contributed by atoms with Crippen LogP contribution in [-0.4, -0.2) is 34.8 Å². The van der Waals surface area contributed by atoms with Crippen LogP contribution in [0.5, 0.6) is 11.5 Å². The fourth-order valence-corrected chi connectivity index (χ4v) is 2.67. The number of aromatic nitrogens is 1. The zero-order valence-electron chi connectivity index (χ0n) is 14.5. The summed E-state index contributed by atoms with van der Waals surface area (Å²) in [5.74, 6) is -2.06. The lowest BCUT2D eigenvalue weighted by atomic mass is 10.1. The van der Waals surface area contributed by atoms with E-state index in [1.54, 1.807) is 6.92 Å². The second-order valence-electron chi connectivity index (χ2n) is 5.49. The summed E-state index contributed by atoms with van der Waals surface area (Å²) in [5.41, 5.74) is 0.0643. The summed E-state index contributed by atoms with van der Waals surface area (Å²) < 4.78 is 46.0. The molecule has 0 amide bonds. The standard InChI is InChI=1S/C18H15BrF3NO5/c1-2-27-15(25)7-6-14(24)16-17(26)12(19)9-13(23-16)10-4-3-5-11(8-10)28-18(20,21)22/h3-5,8-9,26H,2,6-7H2,1H3. The number of esters is 1. The van der Waals surface area contributed by atoms with E-state index in [9.17, 15) is 27.9 Å². The van der Waals surface area contributed by atoms with Crippen molar-refractivity contribution in [2.45, 2.75) is 26.1 Å². The summed E-state index contributed by atoms with van der Waals surface area (Å²) in [6.45, 7) is 1.80. The first kappa shape index (κ1) is 21.7. The van der Waals surface area contributed by atoms with Crippen molar-refractivity contribution in [1.82, 2.24) is 4.98 Å². The second kappa shape index (κ2) is 9.05. The van der Waals surface area contributed by atoms with Crippen molar-refractivity contribution in [3.8, 4) is 22.8 Å². The number of carbonyl (C=O) groups is 2. The van der Waals surface area contributed by atoms with Crippen LogP contribution in [-0.2, 0) is 9.53 Å². The molecule has 10 heteroatoms. The first-order valence-electron chi connectivity index (χ1n) is 8.05. The van der Waals surface area contributed by atoms with Gasteiger partial charge in [0.2, 0.25) is 0 Å². The van der Waals surface area contributed by atoms with Gasteiger partial charge in [-0.1, -0.05) is 12.1 Å². The highest BCUT2D eigenvalue weighted by molar-refractivity contribution is 9.10. The van der Waals surface area contributed by atoms with E-state index in [1.807, 2.05) is 0 Å². The molecule has 0 aliphatic heterocycles. The molecule has 0 saturated carbocycles. The fourth-order valence-electron chi connectivity index (χ4n) is 2.27. The van der Waals surface area contributed by atoms with Crippen LogP contribution in [0.15, 0.2) is 34.8 Å². The van der Waals surface area contributed by atoms with Crippen LogP contribution in [0.3, 0.4) is 0 Å². The van der Waals surface area contributed by atoms with Crippen LogP contribution in [0.2, 0.25) is 0 Å². The van der Waals surface area contributed by atoms with Gasteiger partial charge < -0.3 is 14.6 Å². The molecule has 1 N–H and O–H groups in total. The van der Waals surface area contributed by atoms with Crippen LogP contribution < -0.4 is 4.74 Å². The summed E-state index contributed by atoms with van der Waals surface area (Å²) in [5, 5.41) is 10.1. The van der Waals surface area contributed by atoms with E-state index < -0.39 is 29.6 Å². The summed E-state index contributed by atoms with van der Waals surface area (Å²) >= 11 is 3.09. The smallest absolute Gasteiger partial charge is 0.504 e. The molecule has 150 valence electrons. The molecule has 0 unspecified atom stereocenters. The topological polar surface area (TPSA) is 85.7 Å². The van der Waals surface area contributed by atoms with Crippen LogP contribution >= 0.6 is 15.9 Å². The van der Waals surface area contributed by atoms with Gasteiger partial charge in [-0.2, -0.15) is 0 Å². The molecule has 0 fully saturated rings. The van der Waals surface area contributed by atoms with Gasteiger partial charge in [-0.25, -0.2) is 4.98 Å². The highest BCUT2D eigenvalue weighted by Crippen LogP contribution is 2.34. The van der Waals surface area contributed by atoms with E-state index in [1.165, 1.54) is 18.2 Å². The molecular weight excluding hydrogens is 447 g/mol. The van der Waals surface area contributed by atoms with E-state index in [4.69, 9.17) is 4.74 Å². The summed E-state index contributed by atoms with van der Waals surface area (Å²) in [4.78, 5) is 27.8. The van der Waals surface area contributed by atoms with Gasteiger partial charge in [0.25, 0.3) is 0 Å². The molecule has 2 rings (SSSR count). The third-order valence-corrected chi connectivity index (χ3v) is 4.04. The number of rotatable bonds is 7. The van der Waals surface area contributed by atoms with Gasteiger partial charge in [0.05, 0.1) is 23.2 Å². The van der Waals surface area contributed by atoms with E-state index in [-0.39, 0.29) is 40.9 Å². The molecule has 1 aromatic carbocycles. The predicted octanol–water partition coefficient (Wildman–Crippen LogP) is 4.64. The van der Waals surface area contributed by atoms with Crippen molar-refractivity contribution in [1.29, 1.82) is 0 Å². The predicted molar refractivity (Wildman–Crippen MR) is 95.9 cm³/mol. The van der Waals surface area contributed by atoms with Gasteiger partial charge in [-0.3, -0.25) is 9.59 Å². The van der Waals surface area contributed by atoms with Gasteiger partial charge >= 0.3 is 12.3 Å². The Labute approximate surface area is 166 Å². The summed E-state index contributed by atoms with van der Waals surface area (Å²) in [7, 11) is 0.